The van der Waals surface area contributed by atoms with Crippen LogP contribution in [-0.4, -0.2) is 29.6 Å². The molecule has 3 N–H and O–H groups in total. The van der Waals surface area contributed by atoms with Crippen molar-refractivity contribution in [2.75, 3.05) is 18.5 Å². The van der Waals surface area contributed by atoms with Gasteiger partial charge in [0.1, 0.15) is 5.82 Å². The maximum Gasteiger partial charge on any atom is 0.171 e. The molecule has 0 aliphatic heterocycles. The van der Waals surface area contributed by atoms with Crippen molar-refractivity contribution in [3.05, 3.63) is 23.9 Å². The van der Waals surface area contributed by atoms with Gasteiger partial charge in [-0.2, -0.15) is 0 Å². The topological polar surface area (TPSA) is 74.7 Å². The van der Waals surface area contributed by atoms with Gasteiger partial charge in [-0.25, -0.2) is 4.98 Å². The van der Waals surface area contributed by atoms with Gasteiger partial charge >= 0.3 is 0 Å². The Bertz CT molecular complexity index is 383. The highest BCUT2D eigenvalue weighted by Gasteiger charge is 2.23. The summed E-state index contributed by atoms with van der Waals surface area (Å²) in [6.07, 6.45) is 4.27. The van der Waals surface area contributed by atoms with E-state index < -0.39 is 0 Å². The third kappa shape index (κ3) is 2.42. The Morgan fingerprint density at radius 3 is 2.88 bits per heavy atom. The normalized spacial score (nSPS) is 16.2. The van der Waals surface area contributed by atoms with Gasteiger partial charge < -0.3 is 15.8 Å². The Balaban J connectivity index is 2.05. The molecule has 2 rings (SSSR count). The first-order valence-electron chi connectivity index (χ1n) is 5.36. The van der Waals surface area contributed by atoms with E-state index in [0.29, 0.717) is 5.56 Å². The van der Waals surface area contributed by atoms with Crippen LogP contribution in [0.5, 0.6) is 0 Å². The molecule has 0 amide bonds. The van der Waals surface area contributed by atoms with E-state index in [1.165, 1.54) is 12.8 Å². The molecule has 5 nitrogen and oxygen atoms in total. The Kier molecular flexibility index (Phi) is 2.94. The van der Waals surface area contributed by atoms with Gasteiger partial charge in [0.05, 0.1) is 0 Å². The number of hydrogen-bond donors (Lipinski definition) is 2. The first-order chi connectivity index (χ1) is 7.70. The molecule has 1 aromatic rings. The van der Waals surface area contributed by atoms with Crippen molar-refractivity contribution in [1.29, 1.82) is 0 Å². The number of nitrogens with two attached hydrogens (primary N) is 1. The maximum absolute atomic E-state index is 8.52. The van der Waals surface area contributed by atoms with Crippen LogP contribution in [0.4, 0.5) is 5.82 Å². The highest BCUT2D eigenvalue weighted by atomic mass is 16.4. The first-order valence-corrected chi connectivity index (χ1v) is 5.36. The number of aromatic nitrogens is 1. The van der Waals surface area contributed by atoms with Crippen LogP contribution in [0.1, 0.15) is 18.4 Å². The zero-order valence-electron chi connectivity index (χ0n) is 9.30. The lowest BCUT2D eigenvalue weighted by Crippen LogP contribution is -2.21. The van der Waals surface area contributed by atoms with Crippen molar-refractivity contribution in [1.82, 2.24) is 4.98 Å². The molecule has 1 fully saturated rings. The molecule has 1 saturated carbocycles. The number of pyridine rings is 1. The molecule has 0 radical (unpaired) electrons. The van der Waals surface area contributed by atoms with Crippen LogP contribution in [-0.2, 0) is 0 Å². The Morgan fingerprint density at radius 1 is 1.62 bits per heavy atom. The van der Waals surface area contributed by atoms with E-state index in [-0.39, 0.29) is 5.84 Å². The molecule has 0 unspecified atom stereocenters. The largest absolute Gasteiger partial charge is 0.409 e. The minimum atomic E-state index is 0.0869. The standard InChI is InChI=1S/C11H16N4O/c1-15(7-8-2-3-8)10-5-4-9(6-13-10)11(12)14-16/h4-6,8,16H,2-3,7H2,1H3,(H2,12,14). The van der Waals surface area contributed by atoms with Crippen LogP contribution in [0.15, 0.2) is 23.5 Å². The summed E-state index contributed by atoms with van der Waals surface area (Å²) in [5.41, 5.74) is 6.09. The second-order valence-electron chi connectivity index (χ2n) is 4.21. The van der Waals surface area contributed by atoms with E-state index in [1.54, 1.807) is 12.3 Å². The molecule has 0 bridgehead atoms. The minimum Gasteiger partial charge on any atom is -0.409 e. The van der Waals surface area contributed by atoms with Crippen molar-refractivity contribution in [2.24, 2.45) is 16.8 Å². The molecular formula is C11H16N4O. The van der Waals surface area contributed by atoms with Crippen molar-refractivity contribution in [2.45, 2.75) is 12.8 Å². The second-order valence-corrected chi connectivity index (χ2v) is 4.21. The smallest absolute Gasteiger partial charge is 0.171 e. The molecule has 0 saturated heterocycles. The van der Waals surface area contributed by atoms with Gasteiger partial charge in [0.2, 0.25) is 0 Å². The Labute approximate surface area is 94.6 Å². The number of hydrogen-bond acceptors (Lipinski definition) is 4. The quantitative estimate of drug-likeness (QED) is 0.344. The van der Waals surface area contributed by atoms with Gasteiger partial charge in [-0.3, -0.25) is 0 Å². The van der Waals surface area contributed by atoms with E-state index in [9.17, 15) is 0 Å². The SMILES string of the molecule is CN(CC1CC1)c1ccc(/C(N)=N/O)cn1. The average molecular weight is 220 g/mol. The third-order valence-electron chi connectivity index (χ3n) is 2.77. The van der Waals surface area contributed by atoms with Gasteiger partial charge in [-0.1, -0.05) is 5.16 Å². The Morgan fingerprint density at radius 2 is 2.38 bits per heavy atom. The predicted molar refractivity (Wildman–Crippen MR) is 62.7 cm³/mol. The summed E-state index contributed by atoms with van der Waals surface area (Å²) in [5, 5.41) is 11.5. The van der Waals surface area contributed by atoms with Crippen LogP contribution in [0.2, 0.25) is 0 Å². The summed E-state index contributed by atoms with van der Waals surface area (Å²) in [6.45, 7) is 1.05. The van der Waals surface area contributed by atoms with Crippen molar-refractivity contribution < 1.29 is 5.21 Å². The number of amidine groups is 1. The number of oxime groups is 1. The molecule has 1 aliphatic carbocycles. The minimum absolute atomic E-state index is 0.0869. The van der Waals surface area contributed by atoms with E-state index in [2.05, 4.69) is 15.0 Å². The van der Waals surface area contributed by atoms with Gasteiger partial charge in [0.15, 0.2) is 5.84 Å². The van der Waals surface area contributed by atoms with Gasteiger partial charge in [0.25, 0.3) is 0 Å². The van der Waals surface area contributed by atoms with Crippen LogP contribution < -0.4 is 10.6 Å². The number of anilines is 1. The lowest BCUT2D eigenvalue weighted by molar-refractivity contribution is 0.318. The Hall–Kier alpha value is -1.78. The fraction of sp³-hybridized carbons (Fsp3) is 0.455. The van der Waals surface area contributed by atoms with Crippen molar-refractivity contribution in [3.8, 4) is 0 Å². The molecule has 5 heteroatoms. The van der Waals surface area contributed by atoms with E-state index >= 15 is 0 Å². The predicted octanol–water partition coefficient (Wildman–Crippen LogP) is 1.02. The molecule has 1 heterocycles. The first kappa shape index (κ1) is 10.7. The highest BCUT2D eigenvalue weighted by Crippen LogP contribution is 2.30. The maximum atomic E-state index is 8.52. The molecule has 0 spiro atoms. The molecular weight excluding hydrogens is 204 g/mol. The van der Waals surface area contributed by atoms with Crippen molar-refractivity contribution >= 4 is 11.7 Å². The fourth-order valence-electron chi connectivity index (χ4n) is 1.60. The zero-order valence-corrected chi connectivity index (χ0v) is 9.30. The summed E-state index contributed by atoms with van der Waals surface area (Å²) < 4.78 is 0. The van der Waals surface area contributed by atoms with Gasteiger partial charge in [-0.05, 0) is 30.9 Å². The molecule has 0 atom stereocenters. The summed E-state index contributed by atoms with van der Waals surface area (Å²) >= 11 is 0. The summed E-state index contributed by atoms with van der Waals surface area (Å²) in [7, 11) is 2.03. The van der Waals surface area contributed by atoms with E-state index in [4.69, 9.17) is 10.9 Å². The monoisotopic (exact) mass is 220 g/mol. The molecule has 16 heavy (non-hydrogen) atoms. The summed E-state index contributed by atoms with van der Waals surface area (Å²) in [6, 6.07) is 3.69. The lowest BCUT2D eigenvalue weighted by atomic mass is 10.2. The fourth-order valence-corrected chi connectivity index (χ4v) is 1.60. The number of nitrogens with zero attached hydrogens (tertiary/aromatic N) is 3. The third-order valence-corrected chi connectivity index (χ3v) is 2.77. The van der Waals surface area contributed by atoms with E-state index in [0.717, 1.165) is 18.3 Å². The number of rotatable bonds is 4. The molecule has 1 aromatic heterocycles. The van der Waals surface area contributed by atoms with Crippen LogP contribution in [0.25, 0.3) is 0 Å². The zero-order chi connectivity index (χ0) is 11.5. The average Bonchev–Trinajstić information content (AvgIpc) is 3.12. The summed E-state index contributed by atoms with van der Waals surface area (Å²) in [4.78, 5) is 6.42. The van der Waals surface area contributed by atoms with Crippen LogP contribution >= 0.6 is 0 Å². The molecule has 0 aromatic carbocycles. The highest BCUT2D eigenvalue weighted by molar-refractivity contribution is 5.96. The van der Waals surface area contributed by atoms with Crippen LogP contribution in [0, 0.1) is 5.92 Å². The van der Waals surface area contributed by atoms with Gasteiger partial charge in [0, 0.05) is 25.4 Å². The second kappa shape index (κ2) is 4.38. The molecule has 1 aliphatic rings. The lowest BCUT2D eigenvalue weighted by Gasteiger charge is -2.17. The summed E-state index contributed by atoms with van der Waals surface area (Å²) in [5.74, 6) is 1.83. The molecule has 86 valence electrons. The van der Waals surface area contributed by atoms with Crippen molar-refractivity contribution in [3.63, 3.8) is 0 Å². The van der Waals surface area contributed by atoms with Crippen LogP contribution in [0.3, 0.4) is 0 Å². The van der Waals surface area contributed by atoms with Gasteiger partial charge in [-0.15, -0.1) is 0 Å². The van der Waals surface area contributed by atoms with E-state index in [1.807, 2.05) is 13.1 Å².